The molecule has 0 bridgehead atoms. The predicted octanol–water partition coefficient (Wildman–Crippen LogP) is 2.21. The van der Waals surface area contributed by atoms with Crippen molar-refractivity contribution in [3.8, 4) is 0 Å². The van der Waals surface area contributed by atoms with Gasteiger partial charge in [0.25, 0.3) is 0 Å². The molecular formula is CH2Cl2P. The molecule has 0 aliphatic heterocycles. The van der Waals surface area contributed by atoms with Gasteiger partial charge < -0.3 is 0 Å². The fourth-order valence-electron chi connectivity index (χ4n) is 0. The first-order valence-corrected chi connectivity index (χ1v) is 3.99. The summed E-state index contributed by atoms with van der Waals surface area (Å²) in [6, 6.07) is 0. The Balaban J connectivity index is 2.80. The van der Waals surface area contributed by atoms with Gasteiger partial charge in [-0.15, -0.1) is 0 Å². The zero-order valence-electron chi connectivity index (χ0n) is 1.91. The van der Waals surface area contributed by atoms with Crippen molar-refractivity contribution in [1.29, 1.82) is 0 Å². The summed E-state index contributed by atoms with van der Waals surface area (Å²) >= 11 is 9.99. The minimum absolute atomic E-state index is 0.926. The molecule has 0 aromatic heterocycles. The first-order chi connectivity index (χ1) is 1.73. The van der Waals surface area contributed by atoms with Crippen molar-refractivity contribution in [2.75, 3.05) is 0 Å². The van der Waals surface area contributed by atoms with Gasteiger partial charge in [-0.1, -0.05) is 28.8 Å². The van der Waals surface area contributed by atoms with Crippen LogP contribution in [-0.2, 0) is 0 Å². The molecule has 0 saturated carbocycles. The van der Waals surface area contributed by atoms with Gasteiger partial charge in [0, 0.05) is 6.25 Å². The van der Waals surface area contributed by atoms with Gasteiger partial charge in [0.2, 0.25) is 0 Å². The van der Waals surface area contributed by atoms with E-state index in [1.807, 2.05) is 0 Å². The molecule has 0 amide bonds. The molecule has 0 rings (SSSR count). The molecule has 0 saturated heterocycles. The van der Waals surface area contributed by atoms with E-state index in [0.717, 1.165) is 0 Å². The highest BCUT2D eigenvalue weighted by Gasteiger charge is 1.57. The summed E-state index contributed by atoms with van der Waals surface area (Å²) in [6.45, 7) is 0. The minimum Gasteiger partial charge on any atom is -0.0535 e. The fraction of sp³-hybridized carbons (Fsp3) is 0. The number of halogens is 2. The zero-order valence-corrected chi connectivity index (χ0v) is 4.32. The maximum Gasteiger partial charge on any atom is 0.0336 e. The largest absolute Gasteiger partial charge is 0.0535 e. The number of hydrogen-bond donors (Lipinski definition) is 0. The van der Waals surface area contributed by atoms with E-state index in [0.29, 0.717) is 0 Å². The van der Waals surface area contributed by atoms with Gasteiger partial charge in [-0.2, -0.15) is 0 Å². The average Bonchev–Trinajstić information content (AvgIpc) is 0.811. The van der Waals surface area contributed by atoms with Crippen molar-refractivity contribution >= 4 is 35.0 Å². The topological polar surface area (TPSA) is 0 Å². The fourth-order valence-corrected chi connectivity index (χ4v) is 0. The van der Waals surface area contributed by atoms with Crippen molar-refractivity contribution in [3.63, 3.8) is 0 Å². The van der Waals surface area contributed by atoms with Crippen LogP contribution in [0.4, 0.5) is 0 Å². The average molecular weight is 116 g/mol. The van der Waals surface area contributed by atoms with E-state index in [-0.39, 0.29) is 0 Å². The molecule has 0 heterocycles. The van der Waals surface area contributed by atoms with Crippen LogP contribution in [0.25, 0.3) is 0 Å². The van der Waals surface area contributed by atoms with E-state index in [2.05, 4.69) is 6.30 Å². The van der Waals surface area contributed by atoms with Crippen LogP contribution in [0.3, 0.4) is 0 Å². The maximum atomic E-state index is 4.99. The molecule has 25 valence electrons. The molecule has 0 spiro atoms. The van der Waals surface area contributed by atoms with Crippen LogP contribution in [0.2, 0.25) is 0 Å². The van der Waals surface area contributed by atoms with Crippen LogP contribution in [0.15, 0.2) is 0 Å². The van der Waals surface area contributed by atoms with E-state index in [1.54, 1.807) is 0 Å². The van der Waals surface area contributed by atoms with Gasteiger partial charge in [0.1, 0.15) is 0 Å². The summed E-state index contributed by atoms with van der Waals surface area (Å²) in [7, 11) is 0. The quantitative estimate of drug-likeness (QED) is 0.425. The lowest BCUT2D eigenvalue weighted by Gasteiger charge is -1.59. The van der Waals surface area contributed by atoms with E-state index in [9.17, 15) is 0 Å². The van der Waals surface area contributed by atoms with Gasteiger partial charge in [0.05, 0.1) is 0 Å². The first-order valence-electron chi connectivity index (χ1n) is 0.654. The molecule has 3 heteroatoms. The molecule has 4 heavy (non-hydrogen) atoms. The molecule has 0 aromatic rings. The Morgan fingerprint density at radius 3 is 1.50 bits per heavy atom. The van der Waals surface area contributed by atoms with Crippen molar-refractivity contribution in [3.05, 3.63) is 0 Å². The second-order valence-corrected chi connectivity index (χ2v) is 3.88. The zero-order chi connectivity index (χ0) is 3.58. The lowest BCUT2D eigenvalue weighted by atomic mass is 12.0. The normalized spacial score (nSPS) is 6.50. The lowest BCUT2D eigenvalue weighted by molar-refractivity contribution is 4.49. The summed E-state index contributed by atoms with van der Waals surface area (Å²) in [5.74, 6) is 0. The van der Waals surface area contributed by atoms with Crippen LogP contribution >= 0.6 is 28.7 Å². The third kappa shape index (κ3) is 15.0. The second kappa shape index (κ2) is 2.02. The van der Waals surface area contributed by atoms with Crippen LogP contribution in [-0.4, -0.2) is 6.30 Å². The van der Waals surface area contributed by atoms with Crippen LogP contribution < -0.4 is 0 Å². The highest BCUT2D eigenvalue weighted by Crippen LogP contribution is 2.30. The van der Waals surface area contributed by atoms with Crippen LogP contribution in [0.5, 0.6) is 0 Å². The molecule has 0 aliphatic rings. The van der Waals surface area contributed by atoms with Crippen molar-refractivity contribution < 1.29 is 0 Å². The SMILES string of the molecule is C=[P](Cl)Cl. The lowest BCUT2D eigenvalue weighted by Crippen LogP contribution is -1.00. The summed E-state index contributed by atoms with van der Waals surface area (Å²) < 4.78 is 0. The van der Waals surface area contributed by atoms with Crippen LogP contribution in [0.1, 0.15) is 0 Å². The summed E-state index contributed by atoms with van der Waals surface area (Å²) in [6.07, 6.45) is 2.31. The monoisotopic (exact) mass is 115 g/mol. The molecule has 1 radical (unpaired) electrons. The van der Waals surface area contributed by atoms with Gasteiger partial charge in [0.15, 0.2) is 0 Å². The summed E-state index contributed by atoms with van der Waals surface area (Å²) in [5, 5.41) is 0. The Kier molecular flexibility index (Phi) is 2.39. The van der Waals surface area contributed by atoms with Gasteiger partial charge in [-0.3, -0.25) is 0 Å². The van der Waals surface area contributed by atoms with E-state index < -0.39 is 6.25 Å². The smallest absolute Gasteiger partial charge is 0.0336 e. The van der Waals surface area contributed by atoms with Gasteiger partial charge >= 0.3 is 0 Å². The molecule has 0 N–H and O–H groups in total. The van der Waals surface area contributed by atoms with E-state index in [1.165, 1.54) is 0 Å². The Morgan fingerprint density at radius 2 is 1.50 bits per heavy atom. The van der Waals surface area contributed by atoms with Gasteiger partial charge in [-0.05, 0) is 0 Å². The van der Waals surface area contributed by atoms with Crippen LogP contribution in [0, 0.1) is 0 Å². The third-order valence-corrected chi connectivity index (χ3v) is 0. The predicted molar refractivity (Wildman–Crippen MR) is 25.7 cm³/mol. The third-order valence-electron chi connectivity index (χ3n) is 0. The molecule has 0 nitrogen and oxygen atoms in total. The summed E-state index contributed by atoms with van der Waals surface area (Å²) in [4.78, 5) is 0. The van der Waals surface area contributed by atoms with Crippen molar-refractivity contribution in [1.82, 2.24) is 0 Å². The minimum atomic E-state index is -0.926. The summed E-state index contributed by atoms with van der Waals surface area (Å²) in [5.41, 5.74) is 0. The van der Waals surface area contributed by atoms with Crippen molar-refractivity contribution in [2.24, 2.45) is 0 Å². The Morgan fingerprint density at radius 1 is 1.50 bits per heavy atom. The molecule has 0 fully saturated rings. The van der Waals surface area contributed by atoms with E-state index >= 15 is 0 Å². The Labute approximate surface area is 35.7 Å². The number of rotatable bonds is 0. The van der Waals surface area contributed by atoms with Crippen molar-refractivity contribution in [2.45, 2.75) is 0 Å². The first kappa shape index (κ1) is 4.75. The molecular weight excluding hydrogens is 114 g/mol. The maximum absolute atomic E-state index is 4.99. The molecule has 0 atom stereocenters. The Bertz CT molecular complexity index is 29.0. The van der Waals surface area contributed by atoms with Gasteiger partial charge in [-0.25, -0.2) is 0 Å². The molecule has 0 aromatic carbocycles. The highest BCUT2D eigenvalue weighted by molar-refractivity contribution is 8.01. The molecule has 0 aliphatic carbocycles. The molecule has 0 unspecified atom stereocenters. The Hall–Kier alpha value is 0.750. The number of hydrogen-bond acceptors (Lipinski definition) is 0. The second-order valence-electron chi connectivity index (χ2n) is 0.303. The van der Waals surface area contributed by atoms with E-state index in [4.69, 9.17) is 22.5 Å². The standard InChI is InChI=1S/CH2Cl2P/c1-4(2)3/h1H2. The highest BCUT2D eigenvalue weighted by atomic mass is 35.9.